The van der Waals surface area contributed by atoms with E-state index >= 15 is 0 Å². The van der Waals surface area contributed by atoms with Gasteiger partial charge < -0.3 is 0 Å². The van der Waals surface area contributed by atoms with Gasteiger partial charge in [-0.15, -0.1) is 5.10 Å². The van der Waals surface area contributed by atoms with E-state index in [1.165, 1.54) is 0 Å². The summed E-state index contributed by atoms with van der Waals surface area (Å²) in [5, 5.41) is 8.23. The minimum Gasteiger partial charge on any atom is -0.255 e. The van der Waals surface area contributed by atoms with Crippen LogP contribution in [0.3, 0.4) is 0 Å². The van der Waals surface area contributed by atoms with Gasteiger partial charge in [0.05, 0.1) is 34.7 Å². The molecule has 0 bridgehead atoms. The zero-order chi connectivity index (χ0) is 20.2. The fourth-order valence-electron chi connectivity index (χ4n) is 2.99. The lowest BCUT2D eigenvalue weighted by molar-refractivity contribution is 0.971. The zero-order valence-corrected chi connectivity index (χ0v) is 15.8. The summed E-state index contributed by atoms with van der Waals surface area (Å²) in [5.41, 5.74) is 5.05. The third-order valence-corrected chi connectivity index (χ3v) is 4.40. The average Bonchev–Trinajstić information content (AvgIpc) is 2.85. The molecule has 5 heterocycles. The minimum absolute atomic E-state index is 0.431. The van der Waals surface area contributed by atoms with Gasteiger partial charge in [0, 0.05) is 12.4 Å². The lowest BCUT2D eigenvalue weighted by Gasteiger charge is -2.06. The predicted octanol–water partition coefficient (Wildman–Crippen LogP) is 4.12. The number of hydrogen-bond acceptors (Lipinski definition) is 7. The molecule has 0 amide bonds. The molecule has 7 heteroatoms. The Balaban J connectivity index is 1.52. The van der Waals surface area contributed by atoms with Gasteiger partial charge in [-0.1, -0.05) is 24.3 Å². The molecule has 0 atom stereocenters. The molecule has 0 aliphatic carbocycles. The van der Waals surface area contributed by atoms with Crippen LogP contribution in [0.5, 0.6) is 0 Å². The SMILES string of the molecule is c1ccc(-c2cccc(-c3cccc(-c4nncc(-c5ccccn5)n4)n3)n2)nc1. The molecule has 0 N–H and O–H groups in total. The number of pyridine rings is 4. The molecule has 0 aliphatic rings. The van der Waals surface area contributed by atoms with Crippen molar-refractivity contribution < 1.29 is 0 Å². The van der Waals surface area contributed by atoms with Crippen LogP contribution in [0.2, 0.25) is 0 Å². The van der Waals surface area contributed by atoms with Crippen molar-refractivity contribution in [1.82, 2.24) is 35.1 Å². The number of hydrogen-bond donors (Lipinski definition) is 0. The van der Waals surface area contributed by atoms with Gasteiger partial charge in [0.2, 0.25) is 5.82 Å². The van der Waals surface area contributed by atoms with Crippen molar-refractivity contribution in [3.05, 3.63) is 91.4 Å². The van der Waals surface area contributed by atoms with Crippen LogP contribution in [0.25, 0.3) is 45.7 Å². The Morgan fingerprint density at radius 1 is 0.433 bits per heavy atom. The van der Waals surface area contributed by atoms with Crippen LogP contribution in [0.1, 0.15) is 0 Å². The predicted molar refractivity (Wildman–Crippen MR) is 113 cm³/mol. The van der Waals surface area contributed by atoms with E-state index in [2.05, 4.69) is 25.1 Å². The molecule has 0 spiro atoms. The second kappa shape index (κ2) is 7.92. The molecule has 5 aromatic heterocycles. The maximum absolute atomic E-state index is 4.72. The van der Waals surface area contributed by atoms with Crippen molar-refractivity contribution in [3.8, 4) is 45.7 Å². The van der Waals surface area contributed by atoms with Crippen molar-refractivity contribution in [2.75, 3.05) is 0 Å². The maximum Gasteiger partial charge on any atom is 0.201 e. The molecule has 0 radical (unpaired) electrons. The van der Waals surface area contributed by atoms with E-state index in [1.807, 2.05) is 72.8 Å². The van der Waals surface area contributed by atoms with Gasteiger partial charge in [0.25, 0.3) is 0 Å². The van der Waals surface area contributed by atoms with Gasteiger partial charge in [0.15, 0.2) is 0 Å². The molecule has 142 valence electrons. The molecule has 5 aromatic rings. The van der Waals surface area contributed by atoms with Gasteiger partial charge in [0.1, 0.15) is 11.4 Å². The van der Waals surface area contributed by atoms with Crippen LogP contribution in [0.15, 0.2) is 91.4 Å². The molecule has 0 aliphatic heterocycles. The summed E-state index contributed by atoms with van der Waals surface area (Å²) in [5.74, 6) is 0.431. The lowest BCUT2D eigenvalue weighted by Crippen LogP contribution is -1.98. The fourth-order valence-corrected chi connectivity index (χ4v) is 2.99. The van der Waals surface area contributed by atoms with Crippen LogP contribution in [0, 0.1) is 0 Å². The average molecular weight is 389 g/mol. The highest BCUT2D eigenvalue weighted by Gasteiger charge is 2.11. The first kappa shape index (κ1) is 17.7. The first-order chi connectivity index (χ1) is 14.9. The number of aromatic nitrogens is 7. The molecule has 30 heavy (non-hydrogen) atoms. The summed E-state index contributed by atoms with van der Waals surface area (Å²) in [7, 11) is 0. The molecule has 0 saturated heterocycles. The second-order valence-electron chi connectivity index (χ2n) is 6.41. The fraction of sp³-hybridized carbons (Fsp3) is 0. The molecule has 0 saturated carbocycles. The topological polar surface area (TPSA) is 90.2 Å². The second-order valence-corrected chi connectivity index (χ2v) is 6.41. The Labute approximate surface area is 172 Å². The molecule has 0 unspecified atom stereocenters. The molecule has 5 rings (SSSR count). The highest BCUT2D eigenvalue weighted by Crippen LogP contribution is 2.23. The Bertz CT molecular complexity index is 1190. The first-order valence-corrected chi connectivity index (χ1v) is 9.34. The van der Waals surface area contributed by atoms with Crippen molar-refractivity contribution in [1.29, 1.82) is 0 Å². The van der Waals surface area contributed by atoms with E-state index in [-0.39, 0.29) is 0 Å². The van der Waals surface area contributed by atoms with Gasteiger partial charge in [-0.2, -0.15) is 5.10 Å². The molecule has 0 aromatic carbocycles. The van der Waals surface area contributed by atoms with E-state index in [1.54, 1.807) is 18.6 Å². The minimum atomic E-state index is 0.431. The highest BCUT2D eigenvalue weighted by atomic mass is 15.2. The smallest absolute Gasteiger partial charge is 0.201 e. The van der Waals surface area contributed by atoms with Crippen LogP contribution in [-0.4, -0.2) is 35.1 Å². The highest BCUT2D eigenvalue weighted by molar-refractivity contribution is 5.64. The van der Waals surface area contributed by atoms with Crippen LogP contribution in [0.4, 0.5) is 0 Å². The monoisotopic (exact) mass is 389 g/mol. The van der Waals surface area contributed by atoms with E-state index < -0.39 is 0 Å². The van der Waals surface area contributed by atoms with E-state index in [9.17, 15) is 0 Å². The number of nitrogens with zero attached hydrogens (tertiary/aromatic N) is 7. The van der Waals surface area contributed by atoms with Crippen molar-refractivity contribution in [2.45, 2.75) is 0 Å². The zero-order valence-electron chi connectivity index (χ0n) is 15.8. The van der Waals surface area contributed by atoms with E-state index in [0.717, 1.165) is 28.5 Å². The normalized spacial score (nSPS) is 10.7. The van der Waals surface area contributed by atoms with Crippen LogP contribution >= 0.6 is 0 Å². The summed E-state index contributed by atoms with van der Waals surface area (Å²) in [4.78, 5) is 22.7. The van der Waals surface area contributed by atoms with Crippen LogP contribution < -0.4 is 0 Å². The summed E-state index contributed by atoms with van der Waals surface area (Å²) in [6.07, 6.45) is 5.06. The van der Waals surface area contributed by atoms with Crippen molar-refractivity contribution in [3.63, 3.8) is 0 Å². The maximum atomic E-state index is 4.72. The third kappa shape index (κ3) is 3.64. The Kier molecular flexibility index (Phi) is 4.67. The Morgan fingerprint density at radius 3 is 1.60 bits per heavy atom. The Hall–Kier alpha value is -4.39. The quantitative estimate of drug-likeness (QED) is 0.457. The van der Waals surface area contributed by atoms with Gasteiger partial charge in [-0.3, -0.25) is 9.97 Å². The summed E-state index contributed by atoms with van der Waals surface area (Å²) < 4.78 is 0. The lowest BCUT2D eigenvalue weighted by atomic mass is 10.2. The molecule has 0 fully saturated rings. The standard InChI is InChI=1S/C23H15N7/c1-3-13-24-16(7-1)18-9-5-10-19(27-18)20-11-6-12-21(28-20)23-29-22(15-26-30-23)17-8-2-4-14-25-17/h1-15H. The van der Waals surface area contributed by atoms with Crippen LogP contribution in [-0.2, 0) is 0 Å². The van der Waals surface area contributed by atoms with Gasteiger partial charge in [-0.05, 0) is 48.5 Å². The third-order valence-electron chi connectivity index (χ3n) is 4.40. The summed E-state index contributed by atoms with van der Waals surface area (Å²) >= 11 is 0. The summed E-state index contributed by atoms with van der Waals surface area (Å²) in [6, 6.07) is 22.9. The largest absolute Gasteiger partial charge is 0.255 e. The molecule has 7 nitrogen and oxygen atoms in total. The van der Waals surface area contributed by atoms with Gasteiger partial charge in [-0.25, -0.2) is 15.0 Å². The number of rotatable bonds is 4. The van der Waals surface area contributed by atoms with E-state index in [4.69, 9.17) is 9.97 Å². The summed E-state index contributed by atoms with van der Waals surface area (Å²) in [6.45, 7) is 0. The molecular weight excluding hydrogens is 374 g/mol. The first-order valence-electron chi connectivity index (χ1n) is 9.34. The van der Waals surface area contributed by atoms with Crippen molar-refractivity contribution >= 4 is 0 Å². The van der Waals surface area contributed by atoms with Crippen molar-refractivity contribution in [2.24, 2.45) is 0 Å². The van der Waals surface area contributed by atoms with Gasteiger partial charge >= 0.3 is 0 Å². The van der Waals surface area contributed by atoms with E-state index in [0.29, 0.717) is 17.2 Å². The Morgan fingerprint density at radius 2 is 0.967 bits per heavy atom. The molecular formula is C23H15N7.